The van der Waals surface area contributed by atoms with Gasteiger partial charge in [-0.15, -0.1) is 13.2 Å². The molecule has 9 atom stereocenters. The topological polar surface area (TPSA) is 135 Å². The van der Waals surface area contributed by atoms with E-state index in [4.69, 9.17) is 14.2 Å². The molecule has 2 N–H and O–H groups in total. The van der Waals surface area contributed by atoms with Crippen molar-refractivity contribution >= 4 is 56.1 Å². The summed E-state index contributed by atoms with van der Waals surface area (Å²) in [5.74, 6) is -3.99. The predicted molar refractivity (Wildman–Crippen MR) is 204 cm³/mol. The Balaban J connectivity index is 1.37. The van der Waals surface area contributed by atoms with Gasteiger partial charge in [0, 0.05) is 30.6 Å². The number of methoxy groups -OCH3 is 1. The van der Waals surface area contributed by atoms with E-state index in [1.54, 1.807) is 48.2 Å². The number of aliphatic hydroxyl groups is 1. The third kappa shape index (κ3) is 7.17. The molecule has 3 amide bonds. The fourth-order valence-electron chi connectivity index (χ4n) is 8.25. The lowest BCUT2D eigenvalue weighted by Gasteiger charge is -2.38. The fourth-order valence-corrected chi connectivity index (χ4v) is 9.19. The average molecular weight is 789 g/mol. The summed E-state index contributed by atoms with van der Waals surface area (Å²) in [7, 11) is 1.49. The Morgan fingerprint density at radius 3 is 2.49 bits per heavy atom. The minimum Gasteiger partial charge on any atom is -0.455 e. The highest BCUT2D eigenvalue weighted by molar-refractivity contribution is 9.09. The number of carbonyl (C=O) groups is 4. The molecule has 3 fully saturated rings. The van der Waals surface area contributed by atoms with Gasteiger partial charge in [0.15, 0.2) is 0 Å². The molecule has 11 nitrogen and oxygen atoms in total. The van der Waals surface area contributed by atoms with Crippen LogP contribution in [-0.2, 0) is 33.4 Å². The molecule has 1 spiro atoms. The van der Waals surface area contributed by atoms with Crippen LogP contribution >= 0.6 is 15.9 Å². The standard InChI is InChI=1S/C41H46BrN3O8/c1-5-7-17-32(47)43-31(24-51-4)35(27-14-9-8-10-15-27)52-40(50)33-34-38(48)45(25(3)23-46)37(41(34)22-30(42)36(33)53-41)39(49)44(20-6-2)29-19-18-26-13-11-12-16-28(26)21-29/h5-6,8-16,18-19,21,25,30-31,33-37,46H,1-2,7,17,20,22-24H2,3-4H3,(H,43,47)/t25-,30?,31+,33-,34+,35+,36-,37-,41+/m1/s1. The summed E-state index contributed by atoms with van der Waals surface area (Å²) in [4.78, 5) is 59.8. The first kappa shape index (κ1) is 38.4. The SMILES string of the molecule is C=CCCC(=O)N[C@@H](COC)[C@@H](OC(=O)[C@H]1[C@@H]2O[C@@]3(CC2Br)[C@@H]1C(=O)N([C@H](C)CO)[C@@H]3C(=O)N(CC=C)c1ccc2ccccc2c1)c1ccccc1. The number of alkyl halides is 1. The van der Waals surface area contributed by atoms with E-state index in [9.17, 15) is 24.3 Å². The first-order valence-electron chi connectivity index (χ1n) is 17.9. The number of nitrogens with one attached hydrogen (secondary N) is 1. The van der Waals surface area contributed by atoms with Crippen LogP contribution in [-0.4, -0.2) is 95.2 Å². The number of esters is 1. The maximum atomic E-state index is 15.0. The van der Waals surface area contributed by atoms with Gasteiger partial charge in [-0.3, -0.25) is 19.2 Å². The Morgan fingerprint density at radius 1 is 1.09 bits per heavy atom. The first-order chi connectivity index (χ1) is 25.6. The molecule has 53 heavy (non-hydrogen) atoms. The molecule has 0 aliphatic carbocycles. The van der Waals surface area contributed by atoms with E-state index < -0.39 is 72.2 Å². The Kier molecular flexibility index (Phi) is 11.8. The van der Waals surface area contributed by atoms with E-state index in [1.807, 2.05) is 48.5 Å². The van der Waals surface area contributed by atoms with Crippen LogP contribution in [0.2, 0.25) is 0 Å². The summed E-state index contributed by atoms with van der Waals surface area (Å²) < 4.78 is 18.5. The summed E-state index contributed by atoms with van der Waals surface area (Å²) in [5.41, 5.74) is -0.164. The Morgan fingerprint density at radius 2 is 1.81 bits per heavy atom. The number of benzene rings is 3. The number of carbonyl (C=O) groups excluding carboxylic acids is 4. The van der Waals surface area contributed by atoms with Gasteiger partial charge in [0.05, 0.1) is 43.2 Å². The normalized spacial score (nSPS) is 26.1. The van der Waals surface area contributed by atoms with Crippen molar-refractivity contribution in [1.82, 2.24) is 10.2 Å². The number of amides is 3. The quantitative estimate of drug-likeness (QED) is 0.119. The van der Waals surface area contributed by atoms with E-state index in [1.165, 1.54) is 12.0 Å². The number of allylic oxidation sites excluding steroid dienone is 1. The van der Waals surface area contributed by atoms with Gasteiger partial charge in [0.25, 0.3) is 5.91 Å². The minimum absolute atomic E-state index is 0.0386. The molecule has 3 aromatic carbocycles. The number of halogens is 1. The molecule has 3 aromatic rings. The van der Waals surface area contributed by atoms with Gasteiger partial charge < -0.3 is 34.4 Å². The molecule has 2 bridgehead atoms. The lowest BCUT2D eigenvalue weighted by Crippen LogP contribution is -2.58. The molecule has 0 saturated carbocycles. The van der Waals surface area contributed by atoms with Gasteiger partial charge in [-0.25, -0.2) is 0 Å². The number of aliphatic hydroxyl groups excluding tert-OH is 1. The van der Waals surface area contributed by atoms with Crippen LogP contribution in [0.1, 0.15) is 37.9 Å². The molecule has 12 heteroatoms. The summed E-state index contributed by atoms with van der Waals surface area (Å²) >= 11 is 3.73. The summed E-state index contributed by atoms with van der Waals surface area (Å²) in [6.07, 6.45) is 2.44. The average Bonchev–Trinajstić information content (AvgIpc) is 3.77. The van der Waals surface area contributed by atoms with E-state index in [2.05, 4.69) is 34.4 Å². The summed E-state index contributed by atoms with van der Waals surface area (Å²) in [6.45, 7) is 9.04. The number of ether oxygens (including phenoxy) is 3. The van der Waals surface area contributed by atoms with Gasteiger partial charge in [-0.2, -0.15) is 0 Å². The maximum Gasteiger partial charge on any atom is 0.313 e. The van der Waals surface area contributed by atoms with Crippen LogP contribution in [0.5, 0.6) is 0 Å². The number of rotatable bonds is 16. The number of hydrogen-bond donors (Lipinski definition) is 2. The lowest BCUT2D eigenvalue weighted by atomic mass is 9.70. The Hall–Kier alpha value is -4.36. The van der Waals surface area contributed by atoms with Crippen molar-refractivity contribution in [2.75, 3.05) is 31.8 Å². The second-order valence-electron chi connectivity index (χ2n) is 13.9. The fraction of sp³-hybridized carbons (Fsp3) is 0.415. The second kappa shape index (κ2) is 16.3. The van der Waals surface area contributed by atoms with E-state index in [0.717, 1.165) is 10.8 Å². The molecule has 1 unspecified atom stereocenters. The molecule has 0 aromatic heterocycles. The second-order valence-corrected chi connectivity index (χ2v) is 15.1. The van der Waals surface area contributed by atoms with Gasteiger partial charge in [0.2, 0.25) is 11.8 Å². The highest BCUT2D eigenvalue weighted by atomic mass is 79.9. The molecule has 3 saturated heterocycles. The van der Waals surface area contributed by atoms with Crippen LogP contribution < -0.4 is 10.2 Å². The molecular formula is C41H46BrN3O8. The van der Waals surface area contributed by atoms with E-state index >= 15 is 0 Å². The molecular weight excluding hydrogens is 742 g/mol. The van der Waals surface area contributed by atoms with Crippen molar-refractivity contribution in [3.8, 4) is 0 Å². The number of likely N-dealkylation sites (tertiary alicyclic amines) is 1. The maximum absolute atomic E-state index is 15.0. The zero-order chi connectivity index (χ0) is 37.9. The highest BCUT2D eigenvalue weighted by Crippen LogP contribution is 2.61. The van der Waals surface area contributed by atoms with Crippen molar-refractivity contribution < 1.29 is 38.5 Å². The van der Waals surface area contributed by atoms with Crippen LogP contribution in [0.15, 0.2) is 98.1 Å². The first-order valence-corrected chi connectivity index (χ1v) is 18.8. The summed E-state index contributed by atoms with van der Waals surface area (Å²) in [5, 5.41) is 15.3. The monoisotopic (exact) mass is 787 g/mol. The van der Waals surface area contributed by atoms with Crippen molar-refractivity contribution in [1.29, 1.82) is 0 Å². The molecule has 3 aliphatic rings. The molecule has 3 aliphatic heterocycles. The van der Waals surface area contributed by atoms with Crippen LogP contribution in [0, 0.1) is 11.8 Å². The number of hydrogen-bond acceptors (Lipinski definition) is 8. The largest absolute Gasteiger partial charge is 0.455 e. The third-order valence-electron chi connectivity index (χ3n) is 10.6. The smallest absolute Gasteiger partial charge is 0.313 e. The summed E-state index contributed by atoms with van der Waals surface area (Å²) in [6, 6.07) is 19.9. The molecule has 0 radical (unpaired) electrons. The van der Waals surface area contributed by atoms with Crippen molar-refractivity contribution in [3.63, 3.8) is 0 Å². The Bertz CT molecular complexity index is 1860. The highest BCUT2D eigenvalue weighted by Gasteiger charge is 2.77. The van der Waals surface area contributed by atoms with Gasteiger partial charge in [-0.1, -0.05) is 88.7 Å². The third-order valence-corrected chi connectivity index (χ3v) is 11.4. The number of fused-ring (bicyclic) bond motifs is 2. The van der Waals surface area contributed by atoms with Gasteiger partial charge >= 0.3 is 5.97 Å². The number of anilines is 1. The predicted octanol–water partition coefficient (Wildman–Crippen LogP) is 4.87. The minimum atomic E-state index is -1.40. The van der Waals surface area contributed by atoms with E-state index in [-0.39, 0.29) is 36.7 Å². The van der Waals surface area contributed by atoms with Crippen LogP contribution in [0.25, 0.3) is 10.8 Å². The van der Waals surface area contributed by atoms with Gasteiger partial charge in [-0.05, 0) is 48.2 Å². The van der Waals surface area contributed by atoms with E-state index in [0.29, 0.717) is 17.7 Å². The zero-order valence-electron chi connectivity index (χ0n) is 29.9. The van der Waals surface area contributed by atoms with Crippen molar-refractivity contribution in [2.45, 2.75) is 66.9 Å². The molecule has 6 rings (SSSR count). The molecule has 3 heterocycles. The van der Waals surface area contributed by atoms with Gasteiger partial charge in [0.1, 0.15) is 17.7 Å². The van der Waals surface area contributed by atoms with Crippen molar-refractivity contribution in [2.24, 2.45) is 11.8 Å². The lowest BCUT2D eigenvalue weighted by molar-refractivity contribution is -0.163. The van der Waals surface area contributed by atoms with Crippen LogP contribution in [0.4, 0.5) is 5.69 Å². The van der Waals surface area contributed by atoms with Crippen molar-refractivity contribution in [3.05, 3.63) is 104 Å². The number of nitrogens with zero attached hydrogens (tertiary/aromatic N) is 2. The zero-order valence-corrected chi connectivity index (χ0v) is 31.5. The van der Waals surface area contributed by atoms with Crippen LogP contribution in [0.3, 0.4) is 0 Å². The molecule has 280 valence electrons. The Labute approximate surface area is 318 Å².